The lowest BCUT2D eigenvalue weighted by atomic mass is 10.1. The number of rotatable bonds is 3. The average molecular weight is 310 g/mol. The van der Waals surface area contributed by atoms with E-state index in [4.69, 9.17) is 21.1 Å². The maximum absolute atomic E-state index is 9.43. The van der Waals surface area contributed by atoms with Crippen molar-refractivity contribution >= 4 is 28.3 Å². The highest BCUT2D eigenvalue weighted by Gasteiger charge is 2.20. The van der Waals surface area contributed by atoms with Gasteiger partial charge in [-0.1, -0.05) is 18.2 Å². The van der Waals surface area contributed by atoms with Crippen LogP contribution in [0.25, 0.3) is 10.9 Å². The van der Waals surface area contributed by atoms with Crippen molar-refractivity contribution in [2.24, 2.45) is 5.73 Å². The van der Waals surface area contributed by atoms with Gasteiger partial charge in [-0.05, 0) is 19.1 Å². The highest BCUT2D eigenvalue weighted by molar-refractivity contribution is 5.84. The SMILES string of the molecule is Cc1ccc2cccc(O)c2n1.NC(CO)(CO)CO.[AlH3]. The molecule has 0 spiro atoms. The Morgan fingerprint density at radius 1 is 1.05 bits per heavy atom. The number of aromatic nitrogens is 1. The van der Waals surface area contributed by atoms with Gasteiger partial charge in [-0.15, -0.1) is 0 Å². The number of benzene rings is 1. The fourth-order valence-corrected chi connectivity index (χ4v) is 1.38. The summed E-state index contributed by atoms with van der Waals surface area (Å²) in [7, 11) is 0. The van der Waals surface area contributed by atoms with Gasteiger partial charge in [-0.3, -0.25) is 0 Å². The Labute approximate surface area is 134 Å². The number of phenolic OH excluding ortho intramolecular Hbond substituents is 1. The molecule has 6 nitrogen and oxygen atoms in total. The summed E-state index contributed by atoms with van der Waals surface area (Å²) in [6, 6.07) is 9.28. The molecule has 0 aliphatic carbocycles. The summed E-state index contributed by atoms with van der Waals surface area (Å²) < 4.78 is 0. The van der Waals surface area contributed by atoms with E-state index in [1.807, 2.05) is 31.2 Å². The molecule has 0 saturated heterocycles. The molecule has 0 radical (unpaired) electrons. The summed E-state index contributed by atoms with van der Waals surface area (Å²) in [5, 5.41) is 35.4. The highest BCUT2D eigenvalue weighted by Crippen LogP contribution is 2.21. The van der Waals surface area contributed by atoms with Crippen LogP contribution >= 0.6 is 0 Å². The van der Waals surface area contributed by atoms with Gasteiger partial charge >= 0.3 is 0 Å². The van der Waals surface area contributed by atoms with E-state index < -0.39 is 25.4 Å². The zero-order valence-electron chi connectivity index (χ0n) is 11.3. The topological polar surface area (TPSA) is 120 Å². The molecule has 2 rings (SSSR count). The maximum atomic E-state index is 9.43. The molecule has 0 atom stereocenters. The molecule has 0 unspecified atom stereocenters. The molecule has 7 heteroatoms. The number of aliphatic hydroxyl groups is 3. The predicted octanol–water partition coefficient (Wildman–Crippen LogP) is -1.27. The van der Waals surface area contributed by atoms with Gasteiger partial charge in [0.15, 0.2) is 17.4 Å². The van der Waals surface area contributed by atoms with Crippen molar-refractivity contribution in [3.8, 4) is 5.75 Å². The quantitative estimate of drug-likeness (QED) is 0.451. The lowest BCUT2D eigenvalue weighted by Crippen LogP contribution is -2.50. The Kier molecular flexibility index (Phi) is 8.44. The third-order valence-electron chi connectivity index (χ3n) is 2.78. The number of fused-ring (bicyclic) bond motifs is 1. The molecular weight excluding hydrogens is 287 g/mol. The van der Waals surface area contributed by atoms with Crippen molar-refractivity contribution in [2.45, 2.75) is 12.5 Å². The van der Waals surface area contributed by atoms with Crippen LogP contribution in [0.3, 0.4) is 0 Å². The fourth-order valence-electron chi connectivity index (χ4n) is 1.38. The second-order valence-corrected chi connectivity index (χ2v) is 4.64. The van der Waals surface area contributed by atoms with E-state index in [0.717, 1.165) is 11.1 Å². The van der Waals surface area contributed by atoms with Crippen molar-refractivity contribution in [1.29, 1.82) is 0 Å². The van der Waals surface area contributed by atoms with E-state index in [0.29, 0.717) is 5.52 Å². The standard InChI is InChI=1S/C10H9NO.C4H11NO3.Al.3H/c1-7-5-6-8-3-2-4-9(12)10(8)11-7;5-4(1-6,2-7)3-8;;;;/h2-6,12H,1H3;6-8H,1-3,5H2;;;;. The number of nitrogens with two attached hydrogens (primary N) is 1. The van der Waals surface area contributed by atoms with Gasteiger partial charge in [0.25, 0.3) is 0 Å². The van der Waals surface area contributed by atoms with Gasteiger partial charge in [0, 0.05) is 11.1 Å². The third kappa shape index (κ3) is 5.59. The summed E-state index contributed by atoms with van der Waals surface area (Å²) in [6.45, 7) is 0.700. The first-order chi connectivity index (χ1) is 9.45. The first-order valence-corrected chi connectivity index (χ1v) is 6.12. The summed E-state index contributed by atoms with van der Waals surface area (Å²) in [4.78, 5) is 4.23. The van der Waals surface area contributed by atoms with Gasteiger partial charge in [0.1, 0.15) is 11.3 Å². The Bertz CT molecular complexity index is 553. The van der Waals surface area contributed by atoms with Crippen LogP contribution in [0.2, 0.25) is 0 Å². The van der Waals surface area contributed by atoms with E-state index in [1.165, 1.54) is 0 Å². The Morgan fingerprint density at radius 2 is 1.62 bits per heavy atom. The molecule has 0 aliphatic heterocycles. The minimum absolute atomic E-state index is 0. The fraction of sp³-hybridized carbons (Fsp3) is 0.357. The lowest BCUT2D eigenvalue weighted by Gasteiger charge is -2.20. The van der Waals surface area contributed by atoms with Crippen molar-refractivity contribution in [2.75, 3.05) is 19.8 Å². The predicted molar refractivity (Wildman–Crippen MR) is 86.3 cm³/mol. The lowest BCUT2D eigenvalue weighted by molar-refractivity contribution is 0.0698. The van der Waals surface area contributed by atoms with Crippen LogP contribution in [0.1, 0.15) is 5.69 Å². The highest BCUT2D eigenvalue weighted by atomic mass is 27.0. The molecule has 0 amide bonds. The summed E-state index contributed by atoms with van der Waals surface area (Å²) >= 11 is 0. The molecule has 21 heavy (non-hydrogen) atoms. The van der Waals surface area contributed by atoms with Crippen molar-refractivity contribution in [1.82, 2.24) is 4.98 Å². The number of phenols is 1. The second kappa shape index (κ2) is 8.95. The smallest absolute Gasteiger partial charge is 0.187 e. The molecule has 1 heterocycles. The molecule has 0 aliphatic rings. The van der Waals surface area contributed by atoms with Gasteiger partial charge in [-0.2, -0.15) is 0 Å². The van der Waals surface area contributed by atoms with Crippen LogP contribution in [0.15, 0.2) is 30.3 Å². The second-order valence-electron chi connectivity index (χ2n) is 4.64. The van der Waals surface area contributed by atoms with Crippen LogP contribution in [-0.4, -0.2) is 68.1 Å². The minimum atomic E-state index is -1.21. The van der Waals surface area contributed by atoms with Gasteiger partial charge < -0.3 is 26.2 Å². The molecule has 1 aromatic carbocycles. The van der Waals surface area contributed by atoms with Gasteiger partial charge in [0.05, 0.1) is 25.4 Å². The van der Waals surface area contributed by atoms with Crippen LogP contribution in [0.4, 0.5) is 0 Å². The molecular formula is C14H23AlN2O4. The Hall–Kier alpha value is -1.20. The van der Waals surface area contributed by atoms with Crippen LogP contribution in [-0.2, 0) is 0 Å². The molecule has 6 N–H and O–H groups in total. The summed E-state index contributed by atoms with van der Waals surface area (Å²) in [5.41, 5.74) is 5.54. The van der Waals surface area contributed by atoms with Gasteiger partial charge in [-0.25, -0.2) is 4.98 Å². The Morgan fingerprint density at radius 3 is 2.10 bits per heavy atom. The average Bonchev–Trinajstić information content (AvgIpc) is 2.48. The molecule has 0 fully saturated rings. The van der Waals surface area contributed by atoms with E-state index in [-0.39, 0.29) is 23.1 Å². The number of aryl methyl sites for hydroxylation is 1. The number of hydrogen-bond donors (Lipinski definition) is 5. The Balaban J connectivity index is 0.000000397. The number of para-hydroxylation sites is 1. The number of nitrogens with zero attached hydrogens (tertiary/aromatic N) is 1. The monoisotopic (exact) mass is 310 g/mol. The first-order valence-electron chi connectivity index (χ1n) is 6.12. The van der Waals surface area contributed by atoms with Gasteiger partial charge in [0.2, 0.25) is 0 Å². The van der Waals surface area contributed by atoms with Crippen LogP contribution in [0, 0.1) is 6.92 Å². The minimum Gasteiger partial charge on any atom is -0.506 e. The number of aromatic hydroxyl groups is 1. The van der Waals surface area contributed by atoms with E-state index >= 15 is 0 Å². The van der Waals surface area contributed by atoms with Crippen molar-refractivity contribution < 1.29 is 20.4 Å². The number of hydrogen-bond acceptors (Lipinski definition) is 6. The van der Waals surface area contributed by atoms with E-state index in [9.17, 15) is 5.11 Å². The van der Waals surface area contributed by atoms with Crippen LogP contribution < -0.4 is 5.73 Å². The summed E-state index contributed by atoms with van der Waals surface area (Å²) in [5.74, 6) is 0.246. The van der Waals surface area contributed by atoms with Crippen molar-refractivity contribution in [3.63, 3.8) is 0 Å². The summed E-state index contributed by atoms with van der Waals surface area (Å²) in [6.07, 6.45) is 0. The zero-order chi connectivity index (χ0) is 15.2. The zero-order valence-corrected chi connectivity index (χ0v) is 11.3. The molecule has 1 aromatic heterocycles. The van der Waals surface area contributed by atoms with E-state index in [1.54, 1.807) is 6.07 Å². The normalized spacial score (nSPS) is 10.5. The van der Waals surface area contributed by atoms with Crippen molar-refractivity contribution in [3.05, 3.63) is 36.0 Å². The molecule has 0 bridgehead atoms. The molecule has 0 saturated carbocycles. The number of pyridine rings is 1. The van der Waals surface area contributed by atoms with Crippen LogP contribution in [0.5, 0.6) is 5.75 Å². The third-order valence-corrected chi connectivity index (χ3v) is 2.78. The number of aliphatic hydroxyl groups excluding tert-OH is 3. The molecule has 2 aromatic rings. The molecule has 116 valence electrons. The first kappa shape index (κ1) is 19.8. The maximum Gasteiger partial charge on any atom is 0.187 e. The van der Waals surface area contributed by atoms with E-state index in [2.05, 4.69) is 4.98 Å². The largest absolute Gasteiger partial charge is 0.506 e.